The number of nitrogens with zero attached hydrogens (tertiary/aromatic N) is 1. The first kappa shape index (κ1) is 14.7. The van der Waals surface area contributed by atoms with E-state index in [2.05, 4.69) is 35.8 Å². The van der Waals surface area contributed by atoms with Crippen molar-refractivity contribution in [3.05, 3.63) is 0 Å². The molecule has 2 fully saturated rings. The third kappa shape index (κ3) is 5.94. The van der Waals surface area contributed by atoms with Crippen LogP contribution in [0.2, 0.25) is 0 Å². The third-order valence-corrected chi connectivity index (χ3v) is 5.13. The number of thioether (sulfide) groups is 1. The summed E-state index contributed by atoms with van der Waals surface area (Å²) >= 11 is 2.15. The average molecular weight is 270 g/mol. The topological polar surface area (TPSA) is 15.3 Å². The Bertz CT molecular complexity index is 221. The van der Waals surface area contributed by atoms with Gasteiger partial charge < -0.3 is 10.2 Å². The minimum atomic E-state index is 0.830. The maximum atomic E-state index is 3.60. The molecule has 1 heterocycles. The first-order valence-corrected chi connectivity index (χ1v) is 8.79. The van der Waals surface area contributed by atoms with Crippen molar-refractivity contribution in [1.29, 1.82) is 0 Å². The Labute approximate surface area is 117 Å². The fraction of sp³-hybridized carbons (Fsp3) is 1.00. The van der Waals surface area contributed by atoms with Gasteiger partial charge in [0.15, 0.2) is 0 Å². The lowest BCUT2D eigenvalue weighted by Gasteiger charge is -2.34. The number of rotatable bonds is 8. The van der Waals surface area contributed by atoms with Crippen molar-refractivity contribution in [2.75, 3.05) is 26.2 Å². The first-order chi connectivity index (χ1) is 8.74. The summed E-state index contributed by atoms with van der Waals surface area (Å²) < 4.78 is 0. The molecule has 3 heteroatoms. The van der Waals surface area contributed by atoms with Crippen molar-refractivity contribution >= 4 is 11.8 Å². The van der Waals surface area contributed by atoms with Crippen LogP contribution >= 0.6 is 11.8 Å². The molecule has 2 rings (SSSR count). The molecule has 2 nitrogen and oxygen atoms in total. The largest absolute Gasteiger partial charge is 0.314 e. The normalized spacial score (nSPS) is 29.7. The van der Waals surface area contributed by atoms with E-state index in [4.69, 9.17) is 0 Å². The highest BCUT2D eigenvalue weighted by Crippen LogP contribution is 2.24. The van der Waals surface area contributed by atoms with Crippen LogP contribution in [0.5, 0.6) is 0 Å². The second kappa shape index (κ2) is 7.76. The molecule has 2 unspecified atom stereocenters. The third-order valence-electron chi connectivity index (χ3n) is 3.91. The summed E-state index contributed by atoms with van der Waals surface area (Å²) in [5.74, 6) is 0. The van der Waals surface area contributed by atoms with E-state index in [1.807, 2.05) is 0 Å². The van der Waals surface area contributed by atoms with Gasteiger partial charge in [-0.25, -0.2) is 0 Å². The van der Waals surface area contributed by atoms with Gasteiger partial charge in [0, 0.05) is 29.6 Å². The van der Waals surface area contributed by atoms with Crippen LogP contribution in [0.1, 0.15) is 52.4 Å². The van der Waals surface area contributed by atoms with Gasteiger partial charge in [-0.2, -0.15) is 11.8 Å². The summed E-state index contributed by atoms with van der Waals surface area (Å²) in [7, 11) is 0. The Morgan fingerprint density at radius 2 is 1.67 bits per heavy atom. The molecule has 1 N–H and O–H groups in total. The van der Waals surface area contributed by atoms with Crippen LogP contribution in [-0.4, -0.2) is 47.6 Å². The molecule has 1 saturated carbocycles. The van der Waals surface area contributed by atoms with Crippen molar-refractivity contribution in [3.63, 3.8) is 0 Å². The summed E-state index contributed by atoms with van der Waals surface area (Å²) in [5, 5.41) is 5.26. The quantitative estimate of drug-likeness (QED) is 0.682. The second-order valence-corrected chi connectivity index (χ2v) is 8.04. The fourth-order valence-electron chi connectivity index (χ4n) is 2.87. The van der Waals surface area contributed by atoms with Crippen molar-refractivity contribution in [2.45, 2.75) is 68.9 Å². The molecule has 1 aliphatic heterocycles. The van der Waals surface area contributed by atoms with Gasteiger partial charge in [0.2, 0.25) is 0 Å². The molecule has 1 aliphatic carbocycles. The molecule has 1 saturated heterocycles. The van der Waals surface area contributed by atoms with Crippen LogP contribution in [0.15, 0.2) is 0 Å². The van der Waals surface area contributed by atoms with E-state index in [0.717, 1.165) is 16.5 Å². The molecule has 0 aromatic rings. The minimum absolute atomic E-state index is 0.830. The average Bonchev–Trinajstić information content (AvgIpc) is 3.10. The van der Waals surface area contributed by atoms with Gasteiger partial charge in [0.25, 0.3) is 0 Å². The molecule has 0 aromatic heterocycles. The summed E-state index contributed by atoms with van der Waals surface area (Å²) in [6, 6.07) is 0.888. The lowest BCUT2D eigenvalue weighted by Crippen LogP contribution is -2.40. The maximum Gasteiger partial charge on any atom is 0.0149 e. The van der Waals surface area contributed by atoms with E-state index in [0.29, 0.717) is 0 Å². The Hall–Kier alpha value is 0.270. The van der Waals surface area contributed by atoms with Gasteiger partial charge in [-0.15, -0.1) is 0 Å². The van der Waals surface area contributed by atoms with Crippen LogP contribution in [0.3, 0.4) is 0 Å². The molecule has 2 atom stereocenters. The monoisotopic (exact) mass is 270 g/mol. The Morgan fingerprint density at radius 3 is 2.33 bits per heavy atom. The second-order valence-electron chi connectivity index (χ2n) is 6.16. The smallest absolute Gasteiger partial charge is 0.0149 e. The molecule has 0 spiro atoms. The zero-order valence-corrected chi connectivity index (χ0v) is 13.0. The number of unbranched alkanes of at least 4 members (excludes halogenated alkanes) is 3. The molecule has 0 aromatic carbocycles. The molecular weight excluding hydrogens is 240 g/mol. The van der Waals surface area contributed by atoms with E-state index in [-0.39, 0.29) is 0 Å². The molecule has 2 aliphatic rings. The lowest BCUT2D eigenvalue weighted by molar-refractivity contribution is 0.264. The fourth-order valence-corrected chi connectivity index (χ4v) is 4.26. The zero-order chi connectivity index (χ0) is 12.8. The van der Waals surface area contributed by atoms with E-state index in [1.165, 1.54) is 64.7 Å². The van der Waals surface area contributed by atoms with Crippen molar-refractivity contribution in [2.24, 2.45) is 0 Å². The van der Waals surface area contributed by atoms with Gasteiger partial charge in [0.1, 0.15) is 0 Å². The molecular formula is C15H30N2S. The van der Waals surface area contributed by atoms with Gasteiger partial charge in [-0.1, -0.05) is 26.7 Å². The van der Waals surface area contributed by atoms with Crippen molar-refractivity contribution in [1.82, 2.24) is 10.2 Å². The summed E-state index contributed by atoms with van der Waals surface area (Å²) in [5.41, 5.74) is 0. The summed E-state index contributed by atoms with van der Waals surface area (Å²) in [4.78, 5) is 2.67. The van der Waals surface area contributed by atoms with Crippen LogP contribution < -0.4 is 5.32 Å². The van der Waals surface area contributed by atoms with E-state index in [1.54, 1.807) is 0 Å². The standard InChI is InChI=1S/C15H30N2S/c1-13-11-17(12-14(2)18-13)10-6-4-3-5-9-16-15-7-8-15/h13-16H,3-12H2,1-2H3. The van der Waals surface area contributed by atoms with Crippen LogP contribution in [0.25, 0.3) is 0 Å². The predicted molar refractivity (Wildman–Crippen MR) is 82.4 cm³/mol. The van der Waals surface area contributed by atoms with E-state index < -0.39 is 0 Å². The zero-order valence-electron chi connectivity index (χ0n) is 12.2. The van der Waals surface area contributed by atoms with Crippen LogP contribution in [-0.2, 0) is 0 Å². The summed E-state index contributed by atoms with van der Waals surface area (Å²) in [6.45, 7) is 9.93. The summed E-state index contributed by atoms with van der Waals surface area (Å²) in [6.07, 6.45) is 8.44. The van der Waals surface area contributed by atoms with E-state index in [9.17, 15) is 0 Å². The van der Waals surface area contributed by atoms with Gasteiger partial charge in [-0.05, 0) is 38.8 Å². The molecule has 18 heavy (non-hydrogen) atoms. The Kier molecular flexibility index (Phi) is 6.33. The highest BCUT2D eigenvalue weighted by atomic mass is 32.2. The van der Waals surface area contributed by atoms with Crippen LogP contribution in [0.4, 0.5) is 0 Å². The minimum Gasteiger partial charge on any atom is -0.314 e. The Morgan fingerprint density at radius 1 is 1.00 bits per heavy atom. The first-order valence-electron chi connectivity index (χ1n) is 7.85. The van der Waals surface area contributed by atoms with Gasteiger partial charge >= 0.3 is 0 Å². The van der Waals surface area contributed by atoms with Crippen LogP contribution in [0, 0.1) is 0 Å². The highest BCUT2D eigenvalue weighted by Gasteiger charge is 2.21. The Balaban J connectivity index is 1.42. The lowest BCUT2D eigenvalue weighted by atomic mass is 10.2. The predicted octanol–water partition coefficient (Wildman–Crippen LogP) is 3.12. The molecule has 0 bridgehead atoms. The molecule has 0 amide bonds. The molecule has 0 radical (unpaired) electrons. The SMILES string of the molecule is CC1CN(CCCCCCNC2CC2)CC(C)S1. The number of nitrogens with one attached hydrogen (secondary N) is 1. The highest BCUT2D eigenvalue weighted by molar-refractivity contribution is 8.00. The van der Waals surface area contributed by atoms with Gasteiger partial charge in [0.05, 0.1) is 0 Å². The van der Waals surface area contributed by atoms with Gasteiger partial charge in [-0.3, -0.25) is 0 Å². The van der Waals surface area contributed by atoms with Crippen molar-refractivity contribution < 1.29 is 0 Å². The number of hydrogen-bond donors (Lipinski definition) is 1. The number of hydrogen-bond acceptors (Lipinski definition) is 3. The maximum absolute atomic E-state index is 3.60. The van der Waals surface area contributed by atoms with Crippen molar-refractivity contribution in [3.8, 4) is 0 Å². The molecule has 106 valence electrons. The van der Waals surface area contributed by atoms with E-state index >= 15 is 0 Å².